The molecular formula is C15H25NO. The molecule has 1 atom stereocenters. The summed E-state index contributed by atoms with van der Waals surface area (Å²) >= 11 is 0. The molecule has 0 spiro atoms. The zero-order valence-electron chi connectivity index (χ0n) is 11.7. The maximum Gasteiger partial charge on any atom is 0.122 e. The Hall–Kier alpha value is -1.02. The molecule has 96 valence electrons. The van der Waals surface area contributed by atoms with Crippen molar-refractivity contribution in [1.29, 1.82) is 0 Å². The molecule has 1 aromatic carbocycles. The van der Waals surface area contributed by atoms with E-state index in [4.69, 9.17) is 4.74 Å². The number of hydrogen-bond donors (Lipinski definition) is 1. The fourth-order valence-corrected chi connectivity index (χ4v) is 1.59. The Kier molecular flexibility index (Phi) is 5.49. The summed E-state index contributed by atoms with van der Waals surface area (Å²) in [5, 5.41) is 3.43. The smallest absolute Gasteiger partial charge is 0.122 e. The standard InChI is InChI=1S/C15H25NO/c1-11(2)16-9-13(4)10-17-15-8-12(3)6-7-14(15)5/h6-8,11,13,16H,9-10H2,1-5H3. The summed E-state index contributed by atoms with van der Waals surface area (Å²) in [5.74, 6) is 1.54. The van der Waals surface area contributed by atoms with Crippen molar-refractivity contribution in [3.63, 3.8) is 0 Å². The monoisotopic (exact) mass is 235 g/mol. The van der Waals surface area contributed by atoms with Gasteiger partial charge in [-0.1, -0.05) is 32.9 Å². The molecule has 0 aliphatic carbocycles. The van der Waals surface area contributed by atoms with Gasteiger partial charge in [-0.25, -0.2) is 0 Å². The Balaban J connectivity index is 2.41. The number of benzene rings is 1. The zero-order chi connectivity index (χ0) is 12.8. The highest BCUT2D eigenvalue weighted by atomic mass is 16.5. The normalized spacial score (nSPS) is 12.8. The molecule has 0 aliphatic heterocycles. The van der Waals surface area contributed by atoms with E-state index in [1.54, 1.807) is 0 Å². The summed E-state index contributed by atoms with van der Waals surface area (Å²) in [6, 6.07) is 6.88. The number of nitrogens with one attached hydrogen (secondary N) is 1. The van der Waals surface area contributed by atoms with Gasteiger partial charge in [0.1, 0.15) is 5.75 Å². The van der Waals surface area contributed by atoms with E-state index in [0.29, 0.717) is 12.0 Å². The van der Waals surface area contributed by atoms with Gasteiger partial charge >= 0.3 is 0 Å². The molecule has 0 bridgehead atoms. The highest BCUT2D eigenvalue weighted by molar-refractivity contribution is 5.35. The van der Waals surface area contributed by atoms with Crippen LogP contribution in [0.3, 0.4) is 0 Å². The van der Waals surface area contributed by atoms with Crippen molar-refractivity contribution < 1.29 is 4.74 Å². The second-order valence-corrected chi connectivity index (χ2v) is 5.25. The molecule has 0 saturated carbocycles. The predicted octanol–water partition coefficient (Wildman–Crippen LogP) is 3.32. The Morgan fingerprint density at radius 3 is 2.53 bits per heavy atom. The van der Waals surface area contributed by atoms with E-state index in [9.17, 15) is 0 Å². The molecule has 1 N–H and O–H groups in total. The average Bonchev–Trinajstić information content (AvgIpc) is 2.27. The van der Waals surface area contributed by atoms with Crippen LogP contribution in [0.5, 0.6) is 5.75 Å². The summed E-state index contributed by atoms with van der Waals surface area (Å²) in [5.41, 5.74) is 2.46. The van der Waals surface area contributed by atoms with Gasteiger partial charge in [-0.15, -0.1) is 0 Å². The first-order valence-electron chi connectivity index (χ1n) is 6.42. The minimum absolute atomic E-state index is 0.525. The van der Waals surface area contributed by atoms with Crippen LogP contribution in [-0.2, 0) is 0 Å². The fourth-order valence-electron chi connectivity index (χ4n) is 1.59. The van der Waals surface area contributed by atoms with Crippen LogP contribution < -0.4 is 10.1 Å². The Bertz CT molecular complexity index is 347. The molecule has 1 rings (SSSR count). The average molecular weight is 235 g/mol. The number of aryl methyl sites for hydroxylation is 2. The van der Waals surface area contributed by atoms with E-state index in [0.717, 1.165) is 18.9 Å². The second-order valence-electron chi connectivity index (χ2n) is 5.25. The Morgan fingerprint density at radius 1 is 1.18 bits per heavy atom. The van der Waals surface area contributed by atoms with Crippen molar-refractivity contribution in [3.8, 4) is 5.75 Å². The van der Waals surface area contributed by atoms with E-state index >= 15 is 0 Å². The van der Waals surface area contributed by atoms with Crippen LogP contribution >= 0.6 is 0 Å². The minimum atomic E-state index is 0.525. The molecule has 0 amide bonds. The van der Waals surface area contributed by atoms with Crippen LogP contribution in [-0.4, -0.2) is 19.2 Å². The van der Waals surface area contributed by atoms with Crippen LogP contribution in [0.2, 0.25) is 0 Å². The first-order valence-corrected chi connectivity index (χ1v) is 6.42. The molecule has 0 heterocycles. The molecule has 0 aliphatic rings. The fraction of sp³-hybridized carbons (Fsp3) is 0.600. The summed E-state index contributed by atoms with van der Waals surface area (Å²) in [4.78, 5) is 0. The molecule has 2 nitrogen and oxygen atoms in total. The summed E-state index contributed by atoms with van der Waals surface area (Å²) in [7, 11) is 0. The number of ether oxygens (including phenoxy) is 1. The van der Waals surface area contributed by atoms with Crippen LogP contribution in [0.15, 0.2) is 18.2 Å². The third kappa shape index (κ3) is 5.22. The lowest BCUT2D eigenvalue weighted by molar-refractivity contribution is 0.251. The highest BCUT2D eigenvalue weighted by Crippen LogP contribution is 2.19. The van der Waals surface area contributed by atoms with Gasteiger partial charge in [0.05, 0.1) is 6.61 Å². The molecular weight excluding hydrogens is 210 g/mol. The quantitative estimate of drug-likeness (QED) is 0.816. The lowest BCUT2D eigenvalue weighted by Gasteiger charge is -2.17. The van der Waals surface area contributed by atoms with E-state index in [-0.39, 0.29) is 0 Å². The summed E-state index contributed by atoms with van der Waals surface area (Å²) in [6.45, 7) is 12.5. The number of hydrogen-bond acceptors (Lipinski definition) is 2. The summed E-state index contributed by atoms with van der Waals surface area (Å²) in [6.07, 6.45) is 0. The predicted molar refractivity (Wildman–Crippen MR) is 73.7 cm³/mol. The van der Waals surface area contributed by atoms with Crippen molar-refractivity contribution in [1.82, 2.24) is 5.32 Å². The van der Waals surface area contributed by atoms with Crippen LogP contribution in [0, 0.1) is 19.8 Å². The van der Waals surface area contributed by atoms with Gasteiger partial charge < -0.3 is 10.1 Å². The van der Waals surface area contributed by atoms with Gasteiger partial charge in [0, 0.05) is 18.5 Å². The second kappa shape index (κ2) is 6.65. The van der Waals surface area contributed by atoms with Gasteiger partial charge in [-0.05, 0) is 31.0 Å². The molecule has 0 saturated heterocycles. The van der Waals surface area contributed by atoms with Gasteiger partial charge in [-0.3, -0.25) is 0 Å². The Morgan fingerprint density at radius 2 is 1.88 bits per heavy atom. The molecule has 0 radical (unpaired) electrons. The number of rotatable bonds is 6. The molecule has 2 heteroatoms. The Labute approximate surface area is 105 Å². The van der Waals surface area contributed by atoms with E-state index in [1.165, 1.54) is 11.1 Å². The lowest BCUT2D eigenvalue weighted by Crippen LogP contribution is -2.30. The first kappa shape index (κ1) is 14.0. The molecule has 1 unspecified atom stereocenters. The summed E-state index contributed by atoms with van der Waals surface area (Å²) < 4.78 is 5.87. The SMILES string of the molecule is Cc1ccc(C)c(OCC(C)CNC(C)C)c1. The minimum Gasteiger partial charge on any atom is -0.493 e. The largest absolute Gasteiger partial charge is 0.493 e. The molecule has 0 aromatic heterocycles. The van der Waals surface area contributed by atoms with Crippen molar-refractivity contribution in [2.45, 2.75) is 40.7 Å². The maximum absolute atomic E-state index is 5.87. The molecule has 0 fully saturated rings. The van der Waals surface area contributed by atoms with Crippen LogP contribution in [0.25, 0.3) is 0 Å². The van der Waals surface area contributed by atoms with E-state index in [2.05, 4.69) is 58.1 Å². The third-order valence-electron chi connectivity index (χ3n) is 2.74. The van der Waals surface area contributed by atoms with E-state index in [1.807, 2.05) is 0 Å². The molecule has 1 aromatic rings. The van der Waals surface area contributed by atoms with Crippen molar-refractivity contribution in [3.05, 3.63) is 29.3 Å². The van der Waals surface area contributed by atoms with Crippen molar-refractivity contribution >= 4 is 0 Å². The van der Waals surface area contributed by atoms with Crippen molar-refractivity contribution in [2.75, 3.05) is 13.2 Å². The van der Waals surface area contributed by atoms with Crippen LogP contribution in [0.4, 0.5) is 0 Å². The van der Waals surface area contributed by atoms with Crippen molar-refractivity contribution in [2.24, 2.45) is 5.92 Å². The highest BCUT2D eigenvalue weighted by Gasteiger charge is 2.05. The lowest BCUT2D eigenvalue weighted by atomic mass is 10.1. The van der Waals surface area contributed by atoms with Gasteiger partial charge in [0.15, 0.2) is 0 Å². The van der Waals surface area contributed by atoms with E-state index < -0.39 is 0 Å². The van der Waals surface area contributed by atoms with Crippen LogP contribution in [0.1, 0.15) is 31.9 Å². The van der Waals surface area contributed by atoms with Gasteiger partial charge in [0.25, 0.3) is 0 Å². The van der Waals surface area contributed by atoms with Gasteiger partial charge in [-0.2, -0.15) is 0 Å². The van der Waals surface area contributed by atoms with Gasteiger partial charge in [0.2, 0.25) is 0 Å². The maximum atomic E-state index is 5.87. The third-order valence-corrected chi connectivity index (χ3v) is 2.74. The zero-order valence-corrected chi connectivity index (χ0v) is 11.7. The molecule has 17 heavy (non-hydrogen) atoms. The topological polar surface area (TPSA) is 21.3 Å². The first-order chi connectivity index (χ1) is 7.99.